The third kappa shape index (κ3) is 2.51. The van der Waals surface area contributed by atoms with Crippen LogP contribution in [0.25, 0.3) is 0 Å². The van der Waals surface area contributed by atoms with E-state index in [9.17, 15) is 0 Å². The van der Waals surface area contributed by atoms with Crippen LogP contribution in [0.15, 0.2) is 24.3 Å². The lowest BCUT2D eigenvalue weighted by atomic mass is 9.92. The topological polar surface area (TPSA) is 21.3 Å². The second-order valence-corrected chi connectivity index (χ2v) is 6.48. The summed E-state index contributed by atoms with van der Waals surface area (Å²) in [6.07, 6.45) is 6.99. The minimum atomic E-state index is 0.643. The Morgan fingerprint density at radius 2 is 1.79 bits per heavy atom. The average Bonchev–Trinajstić information content (AvgIpc) is 3.33. The molecule has 19 heavy (non-hydrogen) atoms. The molecule has 1 aliphatic heterocycles. The van der Waals surface area contributed by atoms with Gasteiger partial charge in [-0.2, -0.15) is 0 Å². The van der Waals surface area contributed by atoms with Crippen LogP contribution in [0, 0.1) is 11.8 Å². The molecule has 1 atom stereocenters. The number of para-hydroxylation sites is 1. The van der Waals surface area contributed by atoms with Gasteiger partial charge in [-0.05, 0) is 55.6 Å². The quantitative estimate of drug-likeness (QED) is 0.873. The molecular weight excluding hydrogens is 234 g/mol. The zero-order valence-electron chi connectivity index (χ0n) is 11.5. The standard InChI is InChI=1S/C17H23NO/c1-2-4-16-15(3-1)14(9-10-19-16)11-18-17(12-5-6-12)13-7-8-13/h1-4,12-14,17-18H,5-11H2. The van der Waals surface area contributed by atoms with E-state index in [1.165, 1.54) is 31.2 Å². The lowest BCUT2D eigenvalue weighted by Gasteiger charge is -2.28. The van der Waals surface area contributed by atoms with Crippen LogP contribution < -0.4 is 10.1 Å². The minimum Gasteiger partial charge on any atom is -0.493 e. The van der Waals surface area contributed by atoms with Crippen molar-refractivity contribution in [2.24, 2.45) is 11.8 Å². The van der Waals surface area contributed by atoms with Gasteiger partial charge in [-0.25, -0.2) is 0 Å². The molecule has 0 aromatic heterocycles. The minimum absolute atomic E-state index is 0.643. The molecule has 0 amide bonds. The molecule has 1 N–H and O–H groups in total. The Kier molecular flexibility index (Phi) is 2.99. The summed E-state index contributed by atoms with van der Waals surface area (Å²) in [6.45, 7) is 2.01. The molecule has 3 aliphatic rings. The maximum Gasteiger partial charge on any atom is 0.122 e. The van der Waals surface area contributed by atoms with E-state index in [1.807, 2.05) is 0 Å². The fraction of sp³-hybridized carbons (Fsp3) is 0.647. The van der Waals surface area contributed by atoms with Crippen molar-refractivity contribution in [3.8, 4) is 5.75 Å². The van der Waals surface area contributed by atoms with Crippen LogP contribution in [0.1, 0.15) is 43.6 Å². The Morgan fingerprint density at radius 1 is 1.05 bits per heavy atom. The molecule has 0 radical (unpaired) electrons. The third-order valence-electron chi connectivity index (χ3n) is 4.94. The van der Waals surface area contributed by atoms with E-state index >= 15 is 0 Å². The second kappa shape index (κ2) is 4.82. The smallest absolute Gasteiger partial charge is 0.122 e. The molecule has 4 rings (SSSR count). The Hall–Kier alpha value is -1.02. The van der Waals surface area contributed by atoms with E-state index in [2.05, 4.69) is 29.6 Å². The van der Waals surface area contributed by atoms with Crippen molar-refractivity contribution < 1.29 is 4.74 Å². The monoisotopic (exact) mass is 257 g/mol. The molecule has 2 aliphatic carbocycles. The van der Waals surface area contributed by atoms with Crippen molar-refractivity contribution in [3.05, 3.63) is 29.8 Å². The highest BCUT2D eigenvalue weighted by atomic mass is 16.5. The van der Waals surface area contributed by atoms with Crippen molar-refractivity contribution in [2.75, 3.05) is 13.2 Å². The van der Waals surface area contributed by atoms with E-state index in [4.69, 9.17) is 4.74 Å². The van der Waals surface area contributed by atoms with Crippen LogP contribution in [-0.2, 0) is 0 Å². The molecule has 0 spiro atoms. The summed E-state index contributed by atoms with van der Waals surface area (Å²) in [5, 5.41) is 3.90. The molecule has 0 bridgehead atoms. The van der Waals surface area contributed by atoms with Gasteiger partial charge >= 0.3 is 0 Å². The van der Waals surface area contributed by atoms with Gasteiger partial charge in [0.05, 0.1) is 6.61 Å². The van der Waals surface area contributed by atoms with Gasteiger partial charge in [-0.1, -0.05) is 18.2 Å². The van der Waals surface area contributed by atoms with Gasteiger partial charge in [0.25, 0.3) is 0 Å². The van der Waals surface area contributed by atoms with Gasteiger partial charge in [0, 0.05) is 18.5 Å². The van der Waals surface area contributed by atoms with Gasteiger partial charge < -0.3 is 10.1 Å². The molecule has 2 fully saturated rings. The molecule has 102 valence electrons. The van der Waals surface area contributed by atoms with Crippen molar-refractivity contribution in [3.63, 3.8) is 0 Å². The first-order chi connectivity index (χ1) is 9.42. The predicted octanol–water partition coefficient (Wildman–Crippen LogP) is 3.33. The van der Waals surface area contributed by atoms with E-state index < -0.39 is 0 Å². The summed E-state index contributed by atoms with van der Waals surface area (Å²) in [7, 11) is 0. The largest absolute Gasteiger partial charge is 0.493 e. The summed E-state index contributed by atoms with van der Waals surface area (Å²) in [5.41, 5.74) is 1.41. The van der Waals surface area contributed by atoms with Crippen LogP contribution in [0.4, 0.5) is 0 Å². The number of fused-ring (bicyclic) bond motifs is 1. The van der Waals surface area contributed by atoms with E-state index in [0.717, 1.165) is 43.2 Å². The number of hydrogen-bond donors (Lipinski definition) is 1. The van der Waals surface area contributed by atoms with Gasteiger partial charge in [0.2, 0.25) is 0 Å². The van der Waals surface area contributed by atoms with Crippen molar-refractivity contribution in [1.82, 2.24) is 5.32 Å². The first-order valence-corrected chi connectivity index (χ1v) is 7.87. The lowest BCUT2D eigenvalue weighted by molar-refractivity contribution is 0.259. The van der Waals surface area contributed by atoms with Crippen molar-refractivity contribution in [2.45, 2.75) is 44.1 Å². The number of rotatable bonds is 5. The number of ether oxygens (including phenoxy) is 1. The lowest BCUT2D eigenvalue weighted by Crippen LogP contribution is -2.37. The Morgan fingerprint density at radius 3 is 2.53 bits per heavy atom. The van der Waals surface area contributed by atoms with E-state index in [1.54, 1.807) is 0 Å². The molecular formula is C17H23NO. The molecule has 2 saturated carbocycles. The summed E-state index contributed by atoms with van der Waals surface area (Å²) < 4.78 is 5.75. The zero-order chi connectivity index (χ0) is 12.7. The number of hydrogen-bond acceptors (Lipinski definition) is 2. The highest BCUT2D eigenvalue weighted by molar-refractivity contribution is 5.37. The Balaban J connectivity index is 1.42. The summed E-state index contributed by atoms with van der Waals surface area (Å²) in [6, 6.07) is 9.38. The van der Waals surface area contributed by atoms with Gasteiger partial charge in [-0.15, -0.1) is 0 Å². The summed E-state index contributed by atoms with van der Waals surface area (Å²) in [4.78, 5) is 0. The number of benzene rings is 1. The third-order valence-corrected chi connectivity index (χ3v) is 4.94. The van der Waals surface area contributed by atoms with Crippen LogP contribution in [0.2, 0.25) is 0 Å². The highest BCUT2D eigenvalue weighted by Crippen LogP contribution is 2.45. The van der Waals surface area contributed by atoms with Crippen LogP contribution >= 0.6 is 0 Å². The molecule has 1 aromatic rings. The van der Waals surface area contributed by atoms with Crippen LogP contribution in [-0.4, -0.2) is 19.2 Å². The maximum atomic E-state index is 5.75. The normalized spacial score (nSPS) is 26.1. The molecule has 1 unspecified atom stereocenters. The maximum absolute atomic E-state index is 5.75. The van der Waals surface area contributed by atoms with Crippen molar-refractivity contribution in [1.29, 1.82) is 0 Å². The van der Waals surface area contributed by atoms with E-state index in [0.29, 0.717) is 5.92 Å². The Labute approximate surface area is 115 Å². The van der Waals surface area contributed by atoms with Crippen LogP contribution in [0.5, 0.6) is 5.75 Å². The molecule has 2 nitrogen and oxygen atoms in total. The first-order valence-electron chi connectivity index (χ1n) is 7.87. The highest BCUT2D eigenvalue weighted by Gasteiger charge is 2.41. The van der Waals surface area contributed by atoms with E-state index in [-0.39, 0.29) is 0 Å². The fourth-order valence-corrected chi connectivity index (χ4v) is 3.54. The SMILES string of the molecule is c1ccc2c(c1)OCCC2CNC(C1CC1)C1CC1. The molecule has 0 saturated heterocycles. The van der Waals surface area contributed by atoms with Gasteiger partial charge in [0.1, 0.15) is 5.75 Å². The second-order valence-electron chi connectivity index (χ2n) is 6.48. The molecule has 2 heteroatoms. The average molecular weight is 257 g/mol. The Bertz CT molecular complexity index is 438. The van der Waals surface area contributed by atoms with Gasteiger partial charge in [0.15, 0.2) is 0 Å². The van der Waals surface area contributed by atoms with Gasteiger partial charge in [-0.3, -0.25) is 0 Å². The number of nitrogens with one attached hydrogen (secondary N) is 1. The fourth-order valence-electron chi connectivity index (χ4n) is 3.54. The predicted molar refractivity (Wildman–Crippen MR) is 76.5 cm³/mol. The zero-order valence-corrected chi connectivity index (χ0v) is 11.5. The first kappa shape index (κ1) is 11.8. The summed E-state index contributed by atoms with van der Waals surface area (Å²) in [5.74, 6) is 3.73. The van der Waals surface area contributed by atoms with Crippen LogP contribution in [0.3, 0.4) is 0 Å². The van der Waals surface area contributed by atoms with Crippen molar-refractivity contribution >= 4 is 0 Å². The summed E-state index contributed by atoms with van der Waals surface area (Å²) >= 11 is 0. The molecule has 1 heterocycles. The molecule has 1 aromatic carbocycles.